The monoisotopic (exact) mass is 327 g/mol. The largest absolute Gasteiger partial charge is 0.372 e. The molecule has 0 saturated heterocycles. The fourth-order valence-corrected chi connectivity index (χ4v) is 2.70. The van der Waals surface area contributed by atoms with Crippen molar-refractivity contribution in [2.45, 2.75) is 19.9 Å². The maximum Gasteiger partial charge on any atom is 0.0508 e. The van der Waals surface area contributed by atoms with Gasteiger partial charge < -0.3 is 15.1 Å². The van der Waals surface area contributed by atoms with Crippen molar-refractivity contribution in [1.82, 2.24) is 10.2 Å². The van der Waals surface area contributed by atoms with E-state index in [1.165, 1.54) is 11.3 Å². The Morgan fingerprint density at radius 1 is 1.21 bits per heavy atom. The first-order valence-electron chi connectivity index (χ1n) is 6.84. The fourth-order valence-electron chi connectivity index (χ4n) is 2.00. The van der Waals surface area contributed by atoms with Gasteiger partial charge in [-0.1, -0.05) is 13.0 Å². The lowest BCUT2D eigenvalue weighted by atomic mass is 10.1. The van der Waals surface area contributed by atoms with Crippen LogP contribution in [0.5, 0.6) is 0 Å². The molecule has 1 rings (SSSR count). The highest BCUT2D eigenvalue weighted by atomic mass is 79.9. The zero-order valence-electron chi connectivity index (χ0n) is 12.7. The smallest absolute Gasteiger partial charge is 0.0508 e. The van der Waals surface area contributed by atoms with E-state index < -0.39 is 0 Å². The molecular formula is C15H26BrN3. The molecule has 0 aliphatic rings. The second-order valence-electron chi connectivity index (χ2n) is 5.22. The topological polar surface area (TPSA) is 18.5 Å². The normalized spacial score (nSPS) is 12.8. The number of benzene rings is 1. The van der Waals surface area contributed by atoms with E-state index in [4.69, 9.17) is 0 Å². The van der Waals surface area contributed by atoms with Gasteiger partial charge in [-0.2, -0.15) is 0 Å². The molecule has 1 unspecified atom stereocenters. The first-order valence-corrected chi connectivity index (χ1v) is 7.63. The first kappa shape index (κ1) is 16.5. The third-order valence-corrected chi connectivity index (χ3v) is 3.91. The van der Waals surface area contributed by atoms with Crippen molar-refractivity contribution in [2.24, 2.45) is 0 Å². The Balaban J connectivity index is 2.76. The van der Waals surface area contributed by atoms with Crippen LogP contribution in [0.4, 0.5) is 5.69 Å². The van der Waals surface area contributed by atoms with Crippen LogP contribution in [0.1, 0.15) is 25.5 Å². The van der Waals surface area contributed by atoms with Crippen LogP contribution in [-0.4, -0.2) is 45.7 Å². The fraction of sp³-hybridized carbons (Fsp3) is 0.600. The molecule has 1 N–H and O–H groups in total. The summed E-state index contributed by atoms with van der Waals surface area (Å²) in [5.74, 6) is 0. The number of likely N-dealkylation sites (N-methyl/N-ethyl adjacent to an activating group) is 2. The molecule has 0 bridgehead atoms. The Kier molecular flexibility index (Phi) is 6.83. The van der Waals surface area contributed by atoms with Crippen LogP contribution in [0, 0.1) is 0 Å². The number of hydrogen-bond donors (Lipinski definition) is 1. The van der Waals surface area contributed by atoms with Gasteiger partial charge in [0.1, 0.15) is 0 Å². The van der Waals surface area contributed by atoms with Gasteiger partial charge >= 0.3 is 0 Å². The van der Waals surface area contributed by atoms with E-state index in [0.717, 1.165) is 24.1 Å². The highest BCUT2D eigenvalue weighted by molar-refractivity contribution is 9.10. The lowest BCUT2D eigenvalue weighted by Gasteiger charge is -2.24. The number of anilines is 1. The molecule has 0 radical (unpaired) electrons. The summed E-state index contributed by atoms with van der Waals surface area (Å²) in [5, 5.41) is 3.44. The maximum atomic E-state index is 3.69. The van der Waals surface area contributed by atoms with E-state index in [2.05, 4.69) is 84.2 Å². The molecule has 0 heterocycles. The van der Waals surface area contributed by atoms with E-state index in [9.17, 15) is 0 Å². The highest BCUT2D eigenvalue weighted by Gasteiger charge is 2.10. The molecule has 108 valence electrons. The highest BCUT2D eigenvalue weighted by Crippen LogP contribution is 2.28. The van der Waals surface area contributed by atoms with Crippen molar-refractivity contribution in [3.05, 3.63) is 28.2 Å². The van der Waals surface area contributed by atoms with Gasteiger partial charge in [0.2, 0.25) is 0 Å². The number of halogens is 1. The molecule has 4 heteroatoms. The van der Waals surface area contributed by atoms with E-state index in [-0.39, 0.29) is 0 Å². The van der Waals surface area contributed by atoms with Crippen molar-refractivity contribution in [1.29, 1.82) is 0 Å². The van der Waals surface area contributed by atoms with Gasteiger partial charge in [-0.05, 0) is 61.2 Å². The molecule has 0 amide bonds. The predicted molar refractivity (Wildman–Crippen MR) is 88.1 cm³/mol. The summed E-state index contributed by atoms with van der Waals surface area (Å²) in [7, 11) is 6.34. The Hall–Kier alpha value is -0.580. The molecule has 0 fully saturated rings. The van der Waals surface area contributed by atoms with Gasteiger partial charge in [0.15, 0.2) is 0 Å². The summed E-state index contributed by atoms with van der Waals surface area (Å²) in [5.41, 5.74) is 2.56. The predicted octanol–water partition coefficient (Wildman–Crippen LogP) is 3.12. The number of hydrogen-bond acceptors (Lipinski definition) is 3. The van der Waals surface area contributed by atoms with Crippen LogP contribution in [0.3, 0.4) is 0 Å². The summed E-state index contributed by atoms with van der Waals surface area (Å²) >= 11 is 3.69. The average Bonchev–Trinajstić information content (AvgIpc) is 2.36. The number of rotatable bonds is 7. The maximum absolute atomic E-state index is 3.69. The van der Waals surface area contributed by atoms with Crippen molar-refractivity contribution in [3.63, 3.8) is 0 Å². The number of nitrogens with one attached hydrogen (secondary N) is 1. The van der Waals surface area contributed by atoms with Gasteiger partial charge in [0.05, 0.1) is 5.69 Å². The van der Waals surface area contributed by atoms with Crippen LogP contribution in [-0.2, 0) is 0 Å². The molecule has 1 atom stereocenters. The summed E-state index contributed by atoms with van der Waals surface area (Å²) in [6, 6.07) is 7.01. The minimum Gasteiger partial charge on any atom is -0.372 e. The van der Waals surface area contributed by atoms with E-state index in [1.807, 2.05) is 0 Å². The standard InChI is InChI=1S/C15H26BrN3/c1-6-17-12(2)13-7-8-15(14(16)11-13)19(5)10-9-18(3)4/h7-8,11-12,17H,6,9-10H2,1-5H3. The second-order valence-corrected chi connectivity index (χ2v) is 6.07. The molecule has 0 aliphatic heterocycles. The molecule has 3 nitrogen and oxygen atoms in total. The van der Waals surface area contributed by atoms with Crippen molar-refractivity contribution in [2.75, 3.05) is 45.7 Å². The van der Waals surface area contributed by atoms with Crippen molar-refractivity contribution >= 4 is 21.6 Å². The summed E-state index contributed by atoms with van der Waals surface area (Å²) < 4.78 is 1.16. The first-order chi connectivity index (χ1) is 8.95. The summed E-state index contributed by atoms with van der Waals surface area (Å²) in [6.07, 6.45) is 0. The van der Waals surface area contributed by atoms with Gasteiger partial charge in [0.25, 0.3) is 0 Å². The van der Waals surface area contributed by atoms with Crippen LogP contribution < -0.4 is 10.2 Å². The minimum atomic E-state index is 0.391. The Morgan fingerprint density at radius 3 is 2.42 bits per heavy atom. The van der Waals surface area contributed by atoms with E-state index in [0.29, 0.717) is 6.04 Å². The SMILES string of the molecule is CCNC(C)c1ccc(N(C)CCN(C)C)c(Br)c1. The van der Waals surface area contributed by atoms with Gasteiger partial charge in [-0.25, -0.2) is 0 Å². The second kappa shape index (κ2) is 7.88. The molecule has 0 aromatic heterocycles. The van der Waals surface area contributed by atoms with Crippen LogP contribution >= 0.6 is 15.9 Å². The number of nitrogens with zero attached hydrogens (tertiary/aromatic N) is 2. The lowest BCUT2D eigenvalue weighted by Crippen LogP contribution is -2.28. The quantitative estimate of drug-likeness (QED) is 0.830. The minimum absolute atomic E-state index is 0.391. The van der Waals surface area contributed by atoms with Crippen LogP contribution in [0.15, 0.2) is 22.7 Å². The third kappa shape index (κ3) is 5.13. The average molecular weight is 328 g/mol. The molecule has 1 aromatic rings. The Bertz CT molecular complexity index is 393. The van der Waals surface area contributed by atoms with E-state index in [1.54, 1.807) is 0 Å². The third-order valence-electron chi connectivity index (χ3n) is 3.28. The van der Waals surface area contributed by atoms with E-state index >= 15 is 0 Å². The van der Waals surface area contributed by atoms with Gasteiger partial charge in [-0.3, -0.25) is 0 Å². The molecule has 0 spiro atoms. The van der Waals surface area contributed by atoms with Crippen molar-refractivity contribution < 1.29 is 0 Å². The molecule has 0 saturated carbocycles. The molecular weight excluding hydrogens is 302 g/mol. The van der Waals surface area contributed by atoms with Crippen molar-refractivity contribution in [3.8, 4) is 0 Å². The lowest BCUT2D eigenvalue weighted by molar-refractivity contribution is 0.416. The molecule has 0 aliphatic carbocycles. The molecule has 19 heavy (non-hydrogen) atoms. The van der Waals surface area contributed by atoms with Gasteiger partial charge in [0, 0.05) is 30.7 Å². The summed E-state index contributed by atoms with van der Waals surface area (Å²) in [6.45, 7) is 7.39. The van der Waals surface area contributed by atoms with Crippen LogP contribution in [0.25, 0.3) is 0 Å². The molecule has 1 aromatic carbocycles. The Morgan fingerprint density at radius 2 is 1.89 bits per heavy atom. The van der Waals surface area contributed by atoms with Crippen LogP contribution in [0.2, 0.25) is 0 Å². The zero-order chi connectivity index (χ0) is 14.4. The zero-order valence-corrected chi connectivity index (χ0v) is 14.3. The Labute approximate surface area is 126 Å². The summed E-state index contributed by atoms with van der Waals surface area (Å²) in [4.78, 5) is 4.48. The van der Waals surface area contributed by atoms with Gasteiger partial charge in [-0.15, -0.1) is 0 Å².